The molecule has 0 fully saturated rings. The van der Waals surface area contributed by atoms with Gasteiger partial charge in [0.1, 0.15) is 8.07 Å². The lowest BCUT2D eigenvalue weighted by Crippen LogP contribution is -2.55. The minimum atomic E-state index is -1.94. The molecule has 0 atom stereocenters. The van der Waals surface area contributed by atoms with E-state index in [2.05, 4.69) is 114 Å². The van der Waals surface area contributed by atoms with Crippen LogP contribution in [0.2, 0.25) is 12.1 Å². The molecule has 7 rings (SSSR count). The molecule has 4 heterocycles. The van der Waals surface area contributed by atoms with Crippen molar-refractivity contribution in [1.82, 2.24) is 9.97 Å². The molecule has 5 heteroatoms. The van der Waals surface area contributed by atoms with Gasteiger partial charge in [-0.1, -0.05) is 146 Å². The van der Waals surface area contributed by atoms with E-state index >= 15 is 0 Å². The number of benzene rings is 3. The van der Waals surface area contributed by atoms with Crippen molar-refractivity contribution in [2.24, 2.45) is 0 Å². The molecule has 0 saturated carbocycles. The Labute approximate surface area is 328 Å². The maximum Gasteiger partial charge on any atom is 0.119 e. The predicted molar refractivity (Wildman–Crippen MR) is 237 cm³/mol. The number of hydrogen-bond donors (Lipinski definition) is 0. The molecule has 0 amide bonds. The van der Waals surface area contributed by atoms with E-state index in [-0.39, 0.29) is 0 Å². The van der Waals surface area contributed by atoms with Crippen LogP contribution in [0.5, 0.6) is 0 Å². The molecule has 0 aliphatic carbocycles. The van der Waals surface area contributed by atoms with Crippen LogP contribution in [-0.2, 0) is 12.8 Å². The first-order valence-electron chi connectivity index (χ1n) is 20.7. The highest BCUT2D eigenvalue weighted by molar-refractivity contribution is 7.19. The zero-order valence-corrected chi connectivity index (χ0v) is 35.7. The van der Waals surface area contributed by atoms with E-state index in [1.165, 1.54) is 128 Å². The molecule has 1 aliphatic rings. The van der Waals surface area contributed by atoms with Gasteiger partial charge < -0.3 is 0 Å². The predicted octanol–water partition coefficient (Wildman–Crippen LogP) is 14.0. The van der Waals surface area contributed by atoms with Gasteiger partial charge >= 0.3 is 0 Å². The summed E-state index contributed by atoms with van der Waals surface area (Å²) in [6.07, 6.45) is 14.8. The van der Waals surface area contributed by atoms with Crippen molar-refractivity contribution >= 4 is 52.2 Å². The Hall–Kier alpha value is -3.38. The molecule has 2 nitrogen and oxygen atoms in total. The van der Waals surface area contributed by atoms with Crippen LogP contribution in [0.25, 0.3) is 53.5 Å². The summed E-state index contributed by atoms with van der Waals surface area (Å²) in [5, 5.41) is 3.43. The van der Waals surface area contributed by atoms with Crippen LogP contribution < -0.4 is 10.4 Å². The fraction of sp³-hybridized carbons (Fsp3) is 0.417. The summed E-state index contributed by atoms with van der Waals surface area (Å²) in [5.74, 6) is 0. The largest absolute Gasteiger partial charge is 0.249 e. The normalized spacial score (nSPS) is 13.2. The highest BCUT2D eigenvalue weighted by Gasteiger charge is 2.44. The van der Waals surface area contributed by atoms with E-state index in [4.69, 9.17) is 9.97 Å². The van der Waals surface area contributed by atoms with Gasteiger partial charge in [-0.25, -0.2) is 9.97 Å². The van der Waals surface area contributed by atoms with Crippen LogP contribution in [0.15, 0.2) is 72.8 Å². The van der Waals surface area contributed by atoms with Gasteiger partial charge in [0.15, 0.2) is 0 Å². The van der Waals surface area contributed by atoms with Gasteiger partial charge in [-0.2, -0.15) is 0 Å². The van der Waals surface area contributed by atoms with E-state index in [1.807, 2.05) is 22.7 Å². The SMILES string of the molecule is CCCCCC[Si]1(CCCCCC)c2cc(C)ccc2-c2ccc(-c3ccc(-c4ccc(-c5ccc(C)s5)c5nc(CCC)c(CCC)nc45)s3)cc21. The Bertz CT molecular complexity index is 2180. The monoisotopic (exact) mass is 754 g/mol. The summed E-state index contributed by atoms with van der Waals surface area (Å²) in [6, 6.07) is 31.5. The quantitative estimate of drug-likeness (QED) is 0.0684. The lowest BCUT2D eigenvalue weighted by molar-refractivity contribution is 0.684. The standard InChI is InChI=1S/C48H58N2S2Si/c1-7-11-13-15-29-53(30-16-14-12-8-2)45-31-33(5)19-22-36(45)37-23-21-35(32-46(37)53)42-27-28-44(52-42)39-25-24-38(43-26-20-34(6)51-43)47-48(39)50-41(18-10-4)40(49-47)17-9-3/h19-28,31-32H,7-18,29-30H2,1-6H3. The Morgan fingerprint density at radius 2 is 1.02 bits per heavy atom. The van der Waals surface area contributed by atoms with Crippen molar-refractivity contribution in [2.45, 2.75) is 131 Å². The Kier molecular flexibility index (Phi) is 12.1. The molecule has 0 spiro atoms. The van der Waals surface area contributed by atoms with E-state index in [0.717, 1.165) is 36.7 Å². The van der Waals surface area contributed by atoms with Crippen molar-refractivity contribution in [3.63, 3.8) is 0 Å². The molecule has 3 aromatic carbocycles. The van der Waals surface area contributed by atoms with Gasteiger partial charge in [0.05, 0.1) is 22.4 Å². The van der Waals surface area contributed by atoms with E-state index in [0.29, 0.717) is 0 Å². The third-order valence-corrected chi connectivity index (χ3v) is 19.0. The summed E-state index contributed by atoms with van der Waals surface area (Å²) < 4.78 is 0. The first-order valence-corrected chi connectivity index (χ1v) is 24.7. The summed E-state index contributed by atoms with van der Waals surface area (Å²) >= 11 is 3.77. The summed E-state index contributed by atoms with van der Waals surface area (Å²) in [7, 11) is -1.94. The summed E-state index contributed by atoms with van der Waals surface area (Å²) in [6.45, 7) is 13.7. The van der Waals surface area contributed by atoms with Crippen molar-refractivity contribution in [2.75, 3.05) is 0 Å². The third kappa shape index (κ3) is 7.64. The molecule has 0 unspecified atom stereocenters. The van der Waals surface area contributed by atoms with Crippen molar-refractivity contribution < 1.29 is 0 Å². The fourth-order valence-corrected chi connectivity index (χ4v) is 16.5. The molecular formula is C48H58N2S2Si. The molecule has 6 aromatic rings. The number of fused-ring (bicyclic) bond motifs is 4. The zero-order valence-electron chi connectivity index (χ0n) is 33.0. The molecule has 0 saturated heterocycles. The number of rotatable bonds is 17. The second kappa shape index (κ2) is 17.0. The molecule has 1 aliphatic heterocycles. The zero-order chi connectivity index (χ0) is 37.0. The van der Waals surface area contributed by atoms with Crippen LogP contribution >= 0.6 is 22.7 Å². The minimum Gasteiger partial charge on any atom is -0.249 e. The number of aromatic nitrogens is 2. The summed E-state index contributed by atoms with van der Waals surface area (Å²) in [5.41, 5.74) is 12.7. The molecule has 0 bridgehead atoms. The number of aryl methyl sites for hydroxylation is 4. The molecule has 3 aromatic heterocycles. The number of thiophene rings is 2. The highest BCUT2D eigenvalue weighted by atomic mass is 32.1. The first-order chi connectivity index (χ1) is 25.9. The maximum absolute atomic E-state index is 5.47. The van der Waals surface area contributed by atoms with Gasteiger partial charge in [-0.05, 0) is 90.1 Å². The second-order valence-corrected chi connectivity index (χ2v) is 22.2. The number of unbranched alkanes of at least 4 members (excludes halogenated alkanes) is 6. The topological polar surface area (TPSA) is 25.8 Å². The number of nitrogens with zero attached hydrogens (tertiary/aromatic N) is 2. The van der Waals surface area contributed by atoms with Crippen molar-refractivity contribution in [1.29, 1.82) is 0 Å². The minimum absolute atomic E-state index is 0.968. The Balaban J connectivity index is 1.32. The first kappa shape index (κ1) is 37.9. The Morgan fingerprint density at radius 3 is 1.58 bits per heavy atom. The average Bonchev–Trinajstić information content (AvgIpc) is 3.89. The smallest absolute Gasteiger partial charge is 0.119 e. The van der Waals surface area contributed by atoms with Crippen LogP contribution in [0, 0.1) is 13.8 Å². The number of hydrogen-bond acceptors (Lipinski definition) is 4. The van der Waals surface area contributed by atoms with Crippen molar-refractivity contribution in [3.05, 3.63) is 94.6 Å². The van der Waals surface area contributed by atoms with E-state index in [1.54, 1.807) is 10.4 Å². The Morgan fingerprint density at radius 1 is 0.491 bits per heavy atom. The van der Waals surface area contributed by atoms with Crippen LogP contribution in [0.4, 0.5) is 0 Å². The molecule has 0 N–H and O–H groups in total. The van der Waals surface area contributed by atoms with Gasteiger partial charge in [-0.15, -0.1) is 22.7 Å². The van der Waals surface area contributed by atoms with Crippen LogP contribution in [0.3, 0.4) is 0 Å². The van der Waals surface area contributed by atoms with E-state index in [9.17, 15) is 0 Å². The average molecular weight is 755 g/mol. The highest BCUT2D eigenvalue weighted by Crippen LogP contribution is 2.43. The lowest BCUT2D eigenvalue weighted by Gasteiger charge is -2.31. The van der Waals surface area contributed by atoms with Gasteiger partial charge in [0.25, 0.3) is 0 Å². The molecular weight excluding hydrogens is 697 g/mol. The molecule has 53 heavy (non-hydrogen) atoms. The second-order valence-electron chi connectivity index (χ2n) is 15.6. The summed E-state index contributed by atoms with van der Waals surface area (Å²) in [4.78, 5) is 16.1. The van der Waals surface area contributed by atoms with Crippen molar-refractivity contribution in [3.8, 4) is 42.4 Å². The fourth-order valence-electron chi connectivity index (χ4n) is 8.83. The van der Waals surface area contributed by atoms with Crippen LogP contribution in [-0.4, -0.2) is 18.0 Å². The molecule has 0 radical (unpaired) electrons. The maximum atomic E-state index is 5.47. The van der Waals surface area contributed by atoms with Gasteiger partial charge in [0.2, 0.25) is 0 Å². The van der Waals surface area contributed by atoms with Gasteiger partial charge in [0, 0.05) is 30.6 Å². The third-order valence-electron chi connectivity index (χ3n) is 11.5. The lowest BCUT2D eigenvalue weighted by atomic mass is 10.0. The van der Waals surface area contributed by atoms with E-state index < -0.39 is 8.07 Å². The van der Waals surface area contributed by atoms with Crippen LogP contribution in [0.1, 0.15) is 114 Å². The molecule has 276 valence electrons. The van der Waals surface area contributed by atoms with Gasteiger partial charge in [-0.3, -0.25) is 0 Å².